The maximum absolute atomic E-state index is 13.1. The second-order valence-corrected chi connectivity index (χ2v) is 8.86. The monoisotopic (exact) mass is 396 g/mol. The van der Waals surface area contributed by atoms with Crippen LogP contribution in [0.4, 0.5) is 10.7 Å². The minimum atomic E-state index is -0.162. The lowest BCUT2D eigenvalue weighted by atomic mass is 9.88. The fraction of sp³-hybridized carbons (Fsp3) is 0.238. The molecule has 6 heteroatoms. The van der Waals surface area contributed by atoms with Gasteiger partial charge >= 0.3 is 0 Å². The van der Waals surface area contributed by atoms with Crippen LogP contribution in [-0.2, 0) is 12.8 Å². The molecular formula is C21H20N2O2S2. The molecule has 3 aromatic rings. The summed E-state index contributed by atoms with van der Waals surface area (Å²) in [6, 6.07) is 13.1. The van der Waals surface area contributed by atoms with Crippen molar-refractivity contribution in [2.75, 3.05) is 10.6 Å². The van der Waals surface area contributed by atoms with Gasteiger partial charge in [0.1, 0.15) is 5.00 Å². The van der Waals surface area contributed by atoms with E-state index in [0.717, 1.165) is 30.5 Å². The van der Waals surface area contributed by atoms with E-state index in [1.807, 2.05) is 41.8 Å². The van der Waals surface area contributed by atoms with Crippen molar-refractivity contribution in [2.45, 2.75) is 26.2 Å². The molecule has 0 fully saturated rings. The summed E-state index contributed by atoms with van der Waals surface area (Å²) in [6.45, 7) is 2.23. The Hall–Kier alpha value is -2.44. The highest BCUT2D eigenvalue weighted by Crippen LogP contribution is 2.40. The van der Waals surface area contributed by atoms with Crippen molar-refractivity contribution in [1.29, 1.82) is 0 Å². The van der Waals surface area contributed by atoms with Gasteiger partial charge < -0.3 is 10.6 Å². The van der Waals surface area contributed by atoms with Gasteiger partial charge in [-0.3, -0.25) is 9.59 Å². The summed E-state index contributed by atoms with van der Waals surface area (Å²) in [5.41, 5.74) is 2.46. The number of para-hydroxylation sites is 1. The van der Waals surface area contributed by atoms with Crippen molar-refractivity contribution in [3.63, 3.8) is 0 Å². The van der Waals surface area contributed by atoms with Crippen LogP contribution in [0.3, 0.4) is 0 Å². The number of amides is 2. The molecule has 1 atom stereocenters. The summed E-state index contributed by atoms with van der Waals surface area (Å²) in [5, 5.41) is 8.48. The molecule has 0 unspecified atom stereocenters. The number of benzene rings is 1. The van der Waals surface area contributed by atoms with E-state index < -0.39 is 0 Å². The van der Waals surface area contributed by atoms with Gasteiger partial charge in [-0.25, -0.2) is 0 Å². The summed E-state index contributed by atoms with van der Waals surface area (Å²) in [5.74, 6) is 0.280. The van der Waals surface area contributed by atoms with Crippen molar-refractivity contribution < 1.29 is 9.59 Å². The van der Waals surface area contributed by atoms with Crippen molar-refractivity contribution >= 4 is 45.2 Å². The minimum absolute atomic E-state index is 0.158. The summed E-state index contributed by atoms with van der Waals surface area (Å²) in [6.07, 6.45) is 2.90. The van der Waals surface area contributed by atoms with Crippen molar-refractivity contribution in [3.05, 3.63) is 68.7 Å². The largest absolute Gasteiger partial charge is 0.322 e. The third-order valence-corrected chi connectivity index (χ3v) is 6.78. The Morgan fingerprint density at radius 1 is 1.04 bits per heavy atom. The van der Waals surface area contributed by atoms with Crippen molar-refractivity contribution in [1.82, 2.24) is 0 Å². The molecule has 0 saturated heterocycles. The highest BCUT2D eigenvalue weighted by molar-refractivity contribution is 7.17. The molecule has 1 aliphatic carbocycles. The molecule has 2 N–H and O–H groups in total. The molecule has 2 aromatic heterocycles. The van der Waals surface area contributed by atoms with Gasteiger partial charge in [-0.15, -0.1) is 22.7 Å². The maximum Gasteiger partial charge on any atom is 0.266 e. The van der Waals surface area contributed by atoms with Gasteiger partial charge in [0.15, 0.2) is 0 Å². The number of rotatable bonds is 4. The zero-order valence-electron chi connectivity index (χ0n) is 15.0. The highest BCUT2D eigenvalue weighted by Gasteiger charge is 2.28. The summed E-state index contributed by atoms with van der Waals surface area (Å²) in [4.78, 5) is 27.5. The Morgan fingerprint density at radius 2 is 1.85 bits per heavy atom. The number of fused-ring (bicyclic) bond motifs is 1. The number of hydrogen-bond donors (Lipinski definition) is 2. The Morgan fingerprint density at radius 3 is 2.59 bits per heavy atom. The molecule has 27 heavy (non-hydrogen) atoms. The van der Waals surface area contributed by atoms with E-state index >= 15 is 0 Å². The van der Waals surface area contributed by atoms with Gasteiger partial charge in [-0.1, -0.05) is 31.2 Å². The van der Waals surface area contributed by atoms with Crippen LogP contribution in [0.1, 0.15) is 43.8 Å². The first-order chi connectivity index (χ1) is 13.1. The van der Waals surface area contributed by atoms with Crippen LogP contribution in [0.2, 0.25) is 0 Å². The fourth-order valence-electron chi connectivity index (χ4n) is 3.37. The van der Waals surface area contributed by atoms with Gasteiger partial charge in [0.05, 0.1) is 10.4 Å². The average molecular weight is 397 g/mol. The SMILES string of the molecule is C[C@H]1CCc2c(sc(NC(=O)c3cccs3)c2C(=O)Nc2ccccc2)C1. The first kappa shape index (κ1) is 17.9. The molecule has 0 bridgehead atoms. The number of carbonyl (C=O) groups excluding carboxylic acids is 2. The molecule has 138 valence electrons. The van der Waals surface area contributed by atoms with E-state index in [1.54, 1.807) is 17.4 Å². The van der Waals surface area contributed by atoms with Gasteiger partial charge in [-0.05, 0) is 54.3 Å². The molecule has 2 heterocycles. The van der Waals surface area contributed by atoms with Crippen LogP contribution in [0.5, 0.6) is 0 Å². The highest BCUT2D eigenvalue weighted by atomic mass is 32.1. The number of carbonyl (C=O) groups is 2. The maximum atomic E-state index is 13.1. The first-order valence-electron chi connectivity index (χ1n) is 8.97. The Balaban J connectivity index is 1.67. The zero-order chi connectivity index (χ0) is 18.8. The second-order valence-electron chi connectivity index (χ2n) is 6.81. The molecule has 4 rings (SSSR count). The second kappa shape index (κ2) is 7.66. The fourth-order valence-corrected chi connectivity index (χ4v) is 5.39. The topological polar surface area (TPSA) is 58.2 Å². The summed E-state index contributed by atoms with van der Waals surface area (Å²) >= 11 is 2.94. The first-order valence-corrected chi connectivity index (χ1v) is 10.7. The van der Waals surface area contributed by atoms with Crippen LogP contribution in [0.15, 0.2) is 47.8 Å². The van der Waals surface area contributed by atoms with Crippen LogP contribution < -0.4 is 10.6 Å². The molecule has 4 nitrogen and oxygen atoms in total. The number of hydrogen-bond acceptors (Lipinski definition) is 4. The lowest BCUT2D eigenvalue weighted by Gasteiger charge is -2.18. The average Bonchev–Trinajstić information content (AvgIpc) is 3.29. The smallest absolute Gasteiger partial charge is 0.266 e. The number of anilines is 2. The predicted octanol–water partition coefficient (Wildman–Crippen LogP) is 5.44. The van der Waals surface area contributed by atoms with E-state index in [4.69, 9.17) is 0 Å². The van der Waals surface area contributed by atoms with E-state index in [-0.39, 0.29) is 11.8 Å². The standard InChI is InChI=1S/C21H20N2O2S2/c1-13-9-10-15-17(12-13)27-21(23-19(24)16-8-5-11-26-16)18(15)20(25)22-14-6-3-2-4-7-14/h2-8,11,13H,9-10,12H2,1H3,(H,22,25)(H,23,24)/t13-/m0/s1. The third kappa shape index (κ3) is 3.82. The van der Waals surface area contributed by atoms with Crippen LogP contribution in [0, 0.1) is 5.92 Å². The molecular weight excluding hydrogens is 376 g/mol. The third-order valence-electron chi connectivity index (χ3n) is 4.74. The Kier molecular flexibility index (Phi) is 5.09. The van der Waals surface area contributed by atoms with Gasteiger partial charge in [0, 0.05) is 10.6 Å². The van der Waals surface area contributed by atoms with E-state index in [0.29, 0.717) is 21.4 Å². The van der Waals surface area contributed by atoms with Crippen molar-refractivity contribution in [3.8, 4) is 0 Å². The molecule has 2 amide bonds. The zero-order valence-corrected chi connectivity index (χ0v) is 16.6. The summed E-state index contributed by atoms with van der Waals surface area (Å²) in [7, 11) is 0. The Bertz CT molecular complexity index is 962. The normalized spacial score (nSPS) is 15.8. The molecule has 0 aliphatic heterocycles. The molecule has 1 aromatic carbocycles. The van der Waals surface area contributed by atoms with E-state index in [9.17, 15) is 9.59 Å². The number of nitrogens with one attached hydrogen (secondary N) is 2. The lowest BCUT2D eigenvalue weighted by molar-refractivity contribution is 0.102. The van der Waals surface area contributed by atoms with Gasteiger partial charge in [0.25, 0.3) is 11.8 Å². The lowest BCUT2D eigenvalue weighted by Crippen LogP contribution is -2.19. The molecule has 0 saturated carbocycles. The van der Waals surface area contributed by atoms with Gasteiger partial charge in [0.2, 0.25) is 0 Å². The van der Waals surface area contributed by atoms with E-state index in [1.165, 1.54) is 16.2 Å². The molecule has 1 aliphatic rings. The molecule has 0 radical (unpaired) electrons. The van der Waals surface area contributed by atoms with Crippen LogP contribution in [0.25, 0.3) is 0 Å². The quantitative estimate of drug-likeness (QED) is 0.617. The van der Waals surface area contributed by atoms with Gasteiger partial charge in [-0.2, -0.15) is 0 Å². The van der Waals surface area contributed by atoms with E-state index in [2.05, 4.69) is 17.6 Å². The minimum Gasteiger partial charge on any atom is -0.322 e. The van der Waals surface area contributed by atoms with Crippen LogP contribution >= 0.6 is 22.7 Å². The Labute approximate surface area is 166 Å². The van der Waals surface area contributed by atoms with Crippen LogP contribution in [-0.4, -0.2) is 11.8 Å². The number of thiophene rings is 2. The van der Waals surface area contributed by atoms with Crippen molar-refractivity contribution in [2.24, 2.45) is 5.92 Å². The molecule has 0 spiro atoms. The predicted molar refractivity (Wildman–Crippen MR) is 112 cm³/mol. The summed E-state index contributed by atoms with van der Waals surface area (Å²) < 4.78 is 0.